The Morgan fingerprint density at radius 3 is 3.00 bits per heavy atom. The van der Waals surface area contributed by atoms with Crippen LogP contribution in [-0.2, 0) is 6.42 Å². The van der Waals surface area contributed by atoms with Gasteiger partial charge >= 0.3 is 0 Å². The van der Waals surface area contributed by atoms with Gasteiger partial charge in [0.1, 0.15) is 11.7 Å². The smallest absolute Gasteiger partial charge is 0.273 e. The second-order valence-corrected chi connectivity index (χ2v) is 7.90. The largest absolute Gasteiger partial charge is 0.348 e. The summed E-state index contributed by atoms with van der Waals surface area (Å²) < 4.78 is 3.76. The third-order valence-electron chi connectivity index (χ3n) is 5.98. The molecule has 1 aliphatic heterocycles. The van der Waals surface area contributed by atoms with Crippen LogP contribution in [0.15, 0.2) is 43.0 Å². The minimum absolute atomic E-state index is 0.0122. The van der Waals surface area contributed by atoms with Crippen LogP contribution >= 0.6 is 0 Å². The molecule has 0 bridgehead atoms. The van der Waals surface area contributed by atoms with Crippen molar-refractivity contribution in [2.45, 2.75) is 38.3 Å². The van der Waals surface area contributed by atoms with Gasteiger partial charge in [-0.25, -0.2) is 9.50 Å². The van der Waals surface area contributed by atoms with E-state index in [9.17, 15) is 4.79 Å². The number of hydrogen-bond acceptors (Lipinski definition) is 4. The molecule has 4 aromatic rings. The number of nitrogens with zero attached hydrogens (tertiary/aromatic N) is 6. The van der Waals surface area contributed by atoms with Crippen molar-refractivity contribution in [3.05, 3.63) is 71.3 Å². The molecule has 0 radical (unpaired) electrons. The van der Waals surface area contributed by atoms with Gasteiger partial charge in [0.25, 0.3) is 5.91 Å². The van der Waals surface area contributed by atoms with E-state index in [0.717, 1.165) is 47.4 Å². The van der Waals surface area contributed by atoms with Crippen molar-refractivity contribution >= 4 is 11.4 Å². The third-order valence-corrected chi connectivity index (χ3v) is 5.98. The van der Waals surface area contributed by atoms with Gasteiger partial charge < -0.3 is 9.88 Å². The third kappa shape index (κ3) is 2.52. The van der Waals surface area contributed by atoms with Gasteiger partial charge in [-0.15, -0.1) is 0 Å². The molecule has 1 saturated carbocycles. The van der Waals surface area contributed by atoms with Crippen LogP contribution in [0.3, 0.4) is 0 Å². The first-order chi connectivity index (χ1) is 14.2. The zero-order valence-electron chi connectivity index (χ0n) is 16.1. The zero-order chi connectivity index (χ0) is 19.5. The van der Waals surface area contributed by atoms with Crippen molar-refractivity contribution in [2.24, 2.45) is 0 Å². The molecular weight excluding hydrogens is 366 g/mol. The van der Waals surface area contributed by atoms with Crippen LogP contribution in [0, 0.1) is 6.92 Å². The van der Waals surface area contributed by atoms with Crippen LogP contribution in [-0.4, -0.2) is 46.7 Å². The highest BCUT2D eigenvalue weighted by Gasteiger charge is 2.38. The van der Waals surface area contributed by atoms with Crippen LogP contribution < -0.4 is 0 Å². The van der Waals surface area contributed by atoms with E-state index in [1.807, 2.05) is 32.4 Å². The number of carbonyl (C=O) groups excluding carboxylic acids is 1. The fraction of sp³-hybridized carbons (Fsp3) is 0.333. The molecule has 0 aromatic carbocycles. The number of aromatic amines is 1. The predicted octanol–water partition coefficient (Wildman–Crippen LogP) is 2.69. The van der Waals surface area contributed by atoms with Gasteiger partial charge in [-0.3, -0.25) is 9.48 Å². The highest BCUT2D eigenvalue weighted by Crippen LogP contribution is 2.38. The molecule has 6 rings (SSSR count). The van der Waals surface area contributed by atoms with E-state index in [1.54, 1.807) is 12.5 Å². The van der Waals surface area contributed by atoms with Crippen molar-refractivity contribution in [1.82, 2.24) is 34.3 Å². The Labute approximate surface area is 167 Å². The van der Waals surface area contributed by atoms with Crippen LogP contribution in [0.5, 0.6) is 0 Å². The number of fused-ring (bicyclic) bond motifs is 2. The summed E-state index contributed by atoms with van der Waals surface area (Å²) in [6.07, 6.45) is 8.29. The molecule has 8 heteroatoms. The molecule has 5 heterocycles. The number of imidazole rings is 1. The van der Waals surface area contributed by atoms with E-state index in [1.165, 1.54) is 0 Å². The monoisotopic (exact) mass is 387 g/mol. The maximum atomic E-state index is 13.6. The summed E-state index contributed by atoms with van der Waals surface area (Å²) in [4.78, 5) is 23.3. The summed E-state index contributed by atoms with van der Waals surface area (Å²) in [5, 5.41) is 9.21. The Hall–Kier alpha value is -3.42. The highest BCUT2D eigenvalue weighted by atomic mass is 16.2. The van der Waals surface area contributed by atoms with Crippen molar-refractivity contribution < 1.29 is 4.79 Å². The Morgan fingerprint density at radius 2 is 2.17 bits per heavy atom. The average Bonchev–Trinajstić information content (AvgIpc) is 3.13. The van der Waals surface area contributed by atoms with Crippen molar-refractivity contribution in [3.8, 4) is 0 Å². The molecule has 0 unspecified atom stereocenters. The van der Waals surface area contributed by atoms with Crippen molar-refractivity contribution in [3.63, 3.8) is 0 Å². The normalized spacial score (nSPS) is 18.9. The molecule has 0 spiro atoms. The standard InChI is InChI=1S/C21H21N7O/c1-13-3-2-9-27-18(13)11-16(25-27)20-19-15(22-12-23-19)7-10-26(20)21(29)17-6-8-24-28(17)14-4-5-14/h2-3,6,8-9,11-12,14,20H,4-5,7,10H2,1H3,(H,22,23)/t20-/m0/s1. The summed E-state index contributed by atoms with van der Waals surface area (Å²) >= 11 is 0. The van der Waals surface area contributed by atoms with Crippen LogP contribution in [0.1, 0.15) is 58.1 Å². The molecule has 2 aliphatic rings. The van der Waals surface area contributed by atoms with Gasteiger partial charge in [-0.05, 0) is 43.5 Å². The Bertz CT molecular complexity index is 1230. The lowest BCUT2D eigenvalue weighted by molar-refractivity contribution is 0.0673. The Balaban J connectivity index is 1.47. The summed E-state index contributed by atoms with van der Waals surface area (Å²) in [5.41, 5.74) is 5.62. The van der Waals surface area contributed by atoms with Gasteiger partial charge in [-0.1, -0.05) is 6.07 Å². The minimum atomic E-state index is -0.320. The van der Waals surface area contributed by atoms with E-state index >= 15 is 0 Å². The van der Waals surface area contributed by atoms with Gasteiger partial charge in [0.2, 0.25) is 0 Å². The average molecular weight is 387 g/mol. The molecule has 4 aromatic heterocycles. The number of aryl methyl sites for hydroxylation is 1. The first-order valence-electron chi connectivity index (χ1n) is 10.0. The van der Waals surface area contributed by atoms with Gasteiger partial charge in [0, 0.05) is 31.1 Å². The first-order valence-corrected chi connectivity index (χ1v) is 10.0. The summed E-state index contributed by atoms with van der Waals surface area (Å²) in [5.74, 6) is -0.0122. The lowest BCUT2D eigenvalue weighted by atomic mass is 9.99. The van der Waals surface area contributed by atoms with Crippen LogP contribution in [0.25, 0.3) is 5.52 Å². The maximum absolute atomic E-state index is 13.6. The SMILES string of the molecule is Cc1cccn2nc([C@H]3c4nc[nH]c4CCN3C(=O)c3ccnn3C3CC3)cc12. The van der Waals surface area contributed by atoms with E-state index in [0.29, 0.717) is 18.3 Å². The minimum Gasteiger partial charge on any atom is -0.348 e. The zero-order valence-corrected chi connectivity index (χ0v) is 16.1. The molecular formula is C21H21N7O. The summed E-state index contributed by atoms with van der Waals surface area (Å²) in [6.45, 7) is 2.68. The Kier molecular flexibility index (Phi) is 3.44. The molecule has 1 N–H and O–H groups in total. The van der Waals surface area contributed by atoms with Gasteiger partial charge in [0.05, 0.1) is 29.3 Å². The van der Waals surface area contributed by atoms with Crippen molar-refractivity contribution in [2.75, 3.05) is 6.54 Å². The fourth-order valence-electron chi connectivity index (χ4n) is 4.35. The number of H-pyrrole nitrogens is 1. The molecule has 1 fully saturated rings. The number of pyridine rings is 1. The number of aromatic nitrogens is 6. The summed E-state index contributed by atoms with van der Waals surface area (Å²) in [6, 6.07) is 7.98. The molecule has 0 saturated heterocycles. The highest BCUT2D eigenvalue weighted by molar-refractivity contribution is 5.93. The summed E-state index contributed by atoms with van der Waals surface area (Å²) in [7, 11) is 0. The predicted molar refractivity (Wildman–Crippen MR) is 106 cm³/mol. The molecule has 146 valence electrons. The molecule has 1 aliphatic carbocycles. The van der Waals surface area contributed by atoms with E-state index in [2.05, 4.69) is 34.1 Å². The lowest BCUT2D eigenvalue weighted by Gasteiger charge is -2.34. The number of nitrogens with one attached hydrogen (secondary N) is 1. The van der Waals surface area contributed by atoms with Gasteiger partial charge in [-0.2, -0.15) is 10.2 Å². The molecule has 8 nitrogen and oxygen atoms in total. The second-order valence-electron chi connectivity index (χ2n) is 7.90. The number of amides is 1. The van der Waals surface area contributed by atoms with E-state index in [-0.39, 0.29) is 11.9 Å². The fourth-order valence-corrected chi connectivity index (χ4v) is 4.35. The topological polar surface area (TPSA) is 84.1 Å². The molecule has 29 heavy (non-hydrogen) atoms. The number of hydrogen-bond donors (Lipinski definition) is 1. The quantitative estimate of drug-likeness (QED) is 0.586. The second kappa shape index (κ2) is 6.04. The number of carbonyl (C=O) groups is 1. The van der Waals surface area contributed by atoms with E-state index in [4.69, 9.17) is 5.10 Å². The Morgan fingerprint density at radius 1 is 1.28 bits per heavy atom. The van der Waals surface area contributed by atoms with Gasteiger partial charge in [0.15, 0.2) is 0 Å². The van der Waals surface area contributed by atoms with Crippen LogP contribution in [0.4, 0.5) is 0 Å². The van der Waals surface area contributed by atoms with E-state index < -0.39 is 0 Å². The maximum Gasteiger partial charge on any atom is 0.273 e. The molecule has 1 amide bonds. The number of rotatable bonds is 3. The van der Waals surface area contributed by atoms with Crippen LogP contribution in [0.2, 0.25) is 0 Å². The lowest BCUT2D eigenvalue weighted by Crippen LogP contribution is -2.41. The van der Waals surface area contributed by atoms with Crippen molar-refractivity contribution in [1.29, 1.82) is 0 Å². The first kappa shape index (κ1) is 16.5. The molecule has 1 atom stereocenters.